The number of carbonyl (C=O) groups is 1. The number of aliphatic hydroxyl groups is 1. The maximum Gasteiger partial charge on any atom is 0.252 e. The number of nitrogens with two attached hydrogens (primary N) is 1. The van der Waals surface area contributed by atoms with Crippen molar-refractivity contribution in [1.29, 1.82) is 0 Å². The van der Waals surface area contributed by atoms with Crippen LogP contribution in [0.15, 0.2) is 37.1 Å². The lowest BCUT2D eigenvalue weighted by atomic mass is 10.2. The highest BCUT2D eigenvalue weighted by Gasteiger charge is 2.04. The van der Waals surface area contributed by atoms with E-state index >= 15 is 0 Å². The van der Waals surface area contributed by atoms with Gasteiger partial charge in [0.2, 0.25) is 0 Å². The molecule has 3 nitrogen and oxygen atoms in total. The van der Waals surface area contributed by atoms with Crippen LogP contribution in [0, 0.1) is 0 Å². The molecule has 0 bridgehead atoms. The van der Waals surface area contributed by atoms with Crippen LogP contribution in [-0.2, 0) is 4.79 Å². The summed E-state index contributed by atoms with van der Waals surface area (Å²) in [4.78, 5) is 10.3. The molecule has 0 fully saturated rings. The third kappa shape index (κ3) is 4.96. The van der Waals surface area contributed by atoms with Gasteiger partial charge >= 0.3 is 0 Å². The Hall–Kier alpha value is -1.51. The van der Waals surface area contributed by atoms with Crippen LogP contribution < -0.4 is 5.73 Å². The average molecular weight is 155 g/mol. The molecule has 3 N–H and O–H groups in total. The molecule has 0 aromatic heterocycles. The van der Waals surface area contributed by atoms with Gasteiger partial charge in [0.15, 0.2) is 0 Å². The van der Waals surface area contributed by atoms with E-state index in [4.69, 9.17) is 10.8 Å². The zero-order valence-electron chi connectivity index (χ0n) is 6.63. The van der Waals surface area contributed by atoms with Crippen molar-refractivity contribution in [2.75, 3.05) is 0 Å². The summed E-state index contributed by atoms with van der Waals surface area (Å²) in [5, 5.41) is 8.62. The molecule has 0 saturated heterocycles. The van der Waals surface area contributed by atoms with E-state index in [9.17, 15) is 4.79 Å². The molecular weight excluding hydrogens is 142 g/mol. The number of rotatable bonds is 2. The van der Waals surface area contributed by atoms with E-state index in [-0.39, 0.29) is 11.3 Å². The second-order valence-corrected chi connectivity index (χ2v) is 1.51. The minimum Gasteiger partial charge on any atom is -0.508 e. The van der Waals surface area contributed by atoms with Crippen LogP contribution in [0.2, 0.25) is 0 Å². The van der Waals surface area contributed by atoms with Gasteiger partial charge in [-0.3, -0.25) is 4.79 Å². The number of hydrogen-bond donors (Lipinski definition) is 2. The summed E-state index contributed by atoms with van der Waals surface area (Å²) in [5.74, 6) is -0.949. The number of amides is 1. The summed E-state index contributed by atoms with van der Waals surface area (Å²) in [6.07, 6.45) is 1.41. The maximum absolute atomic E-state index is 10.3. The fraction of sp³-hybridized carbons (Fsp3) is 0.125. The average Bonchev–Trinajstić information content (AvgIpc) is 1.91. The number of allylic oxidation sites excluding steroid dienone is 1. The first-order valence-corrected chi connectivity index (χ1v) is 2.94. The van der Waals surface area contributed by atoms with Crippen LogP contribution in [-0.4, -0.2) is 11.0 Å². The number of aliphatic hydroxyl groups excluding tert-OH is 1. The summed E-state index contributed by atoms with van der Waals surface area (Å²) in [6.45, 7) is 10.7. The predicted molar refractivity (Wildman–Crippen MR) is 46.0 cm³/mol. The van der Waals surface area contributed by atoms with Crippen molar-refractivity contribution < 1.29 is 9.90 Å². The fourth-order valence-electron chi connectivity index (χ4n) is 0.451. The van der Waals surface area contributed by atoms with Gasteiger partial charge in [0.05, 0.1) is 5.57 Å². The van der Waals surface area contributed by atoms with Crippen LogP contribution >= 0.6 is 0 Å². The third-order valence-electron chi connectivity index (χ3n) is 0.865. The van der Waals surface area contributed by atoms with Crippen molar-refractivity contribution >= 4 is 5.91 Å². The molecule has 3 heteroatoms. The molecule has 0 spiro atoms. The lowest BCUT2D eigenvalue weighted by Gasteiger charge is -1.96. The highest BCUT2D eigenvalue weighted by Crippen LogP contribution is 2.00. The van der Waals surface area contributed by atoms with Crippen molar-refractivity contribution in [2.45, 2.75) is 6.92 Å². The van der Waals surface area contributed by atoms with Gasteiger partial charge in [0.1, 0.15) is 5.76 Å². The molecular formula is C8H13NO2. The largest absolute Gasteiger partial charge is 0.508 e. The summed E-state index contributed by atoms with van der Waals surface area (Å²) < 4.78 is 0. The van der Waals surface area contributed by atoms with Crippen LogP contribution in [0.25, 0.3) is 0 Å². The van der Waals surface area contributed by atoms with E-state index in [1.807, 2.05) is 0 Å². The molecule has 0 atom stereocenters. The van der Waals surface area contributed by atoms with E-state index in [1.165, 1.54) is 6.08 Å². The molecule has 0 unspecified atom stereocenters. The Kier molecular flexibility index (Phi) is 7.32. The molecule has 1 amide bonds. The third-order valence-corrected chi connectivity index (χ3v) is 0.865. The number of hydrogen-bond acceptors (Lipinski definition) is 2. The van der Waals surface area contributed by atoms with E-state index in [0.717, 1.165) is 0 Å². The van der Waals surface area contributed by atoms with Crippen LogP contribution in [0.5, 0.6) is 0 Å². The monoisotopic (exact) mass is 155 g/mol. The smallest absolute Gasteiger partial charge is 0.252 e. The zero-order valence-corrected chi connectivity index (χ0v) is 6.63. The normalized spacial score (nSPS) is 9.36. The number of carbonyl (C=O) groups excluding carboxylic acids is 1. The molecule has 0 aliphatic rings. The van der Waals surface area contributed by atoms with E-state index in [1.54, 1.807) is 6.92 Å². The lowest BCUT2D eigenvalue weighted by molar-refractivity contribution is -0.114. The van der Waals surface area contributed by atoms with Gasteiger partial charge in [-0.25, -0.2) is 0 Å². The van der Waals surface area contributed by atoms with Gasteiger partial charge in [-0.2, -0.15) is 0 Å². The lowest BCUT2D eigenvalue weighted by Crippen LogP contribution is -2.14. The highest BCUT2D eigenvalue weighted by molar-refractivity contribution is 5.95. The summed E-state index contributed by atoms with van der Waals surface area (Å²) in [7, 11) is 0. The van der Waals surface area contributed by atoms with Crippen molar-refractivity contribution in [2.24, 2.45) is 5.73 Å². The van der Waals surface area contributed by atoms with Gasteiger partial charge in [0.25, 0.3) is 5.91 Å². The van der Waals surface area contributed by atoms with Crippen LogP contribution in [0.4, 0.5) is 0 Å². The SMILES string of the molecule is C=C.C=C(O)/C(=C\C)C(N)=O. The highest BCUT2D eigenvalue weighted by atomic mass is 16.3. The van der Waals surface area contributed by atoms with Crippen molar-refractivity contribution in [3.63, 3.8) is 0 Å². The van der Waals surface area contributed by atoms with Crippen molar-refractivity contribution in [1.82, 2.24) is 0 Å². The Morgan fingerprint density at radius 3 is 1.91 bits per heavy atom. The van der Waals surface area contributed by atoms with Gasteiger partial charge in [0, 0.05) is 0 Å². The summed E-state index contributed by atoms with van der Waals surface area (Å²) in [5.41, 5.74) is 4.88. The quantitative estimate of drug-likeness (QED) is 0.273. The van der Waals surface area contributed by atoms with Gasteiger partial charge in [-0.05, 0) is 6.92 Å². The molecule has 0 saturated carbocycles. The van der Waals surface area contributed by atoms with Gasteiger partial charge in [-0.1, -0.05) is 12.7 Å². The first kappa shape index (κ1) is 12.2. The van der Waals surface area contributed by atoms with E-state index in [0.29, 0.717) is 0 Å². The Morgan fingerprint density at radius 1 is 1.55 bits per heavy atom. The molecule has 0 radical (unpaired) electrons. The Morgan fingerprint density at radius 2 is 1.91 bits per heavy atom. The Bertz CT molecular complexity index is 167. The van der Waals surface area contributed by atoms with E-state index in [2.05, 4.69) is 19.7 Å². The molecule has 0 aliphatic heterocycles. The second-order valence-electron chi connectivity index (χ2n) is 1.51. The Balaban J connectivity index is 0. The molecule has 62 valence electrons. The zero-order chi connectivity index (χ0) is 9.44. The predicted octanol–water partition coefficient (Wildman–Crippen LogP) is 1.29. The summed E-state index contributed by atoms with van der Waals surface area (Å²) in [6, 6.07) is 0. The molecule has 11 heavy (non-hydrogen) atoms. The fourth-order valence-corrected chi connectivity index (χ4v) is 0.451. The topological polar surface area (TPSA) is 63.3 Å². The van der Waals surface area contributed by atoms with Crippen LogP contribution in [0.3, 0.4) is 0 Å². The molecule has 0 heterocycles. The molecule has 0 aromatic carbocycles. The maximum atomic E-state index is 10.3. The van der Waals surface area contributed by atoms with E-state index < -0.39 is 5.91 Å². The van der Waals surface area contributed by atoms with Crippen LogP contribution in [0.1, 0.15) is 6.92 Å². The standard InChI is InChI=1S/C6H9NO2.C2H4/c1-3-5(4(2)8)6(7)9;1-2/h3,8H,2H2,1H3,(H2,7,9);1-2H2/b5-3+;. The first-order chi connectivity index (χ1) is 5.09. The van der Waals surface area contributed by atoms with Gasteiger partial charge in [-0.15, -0.1) is 13.2 Å². The second kappa shape index (κ2) is 6.61. The molecule has 0 rings (SSSR count). The number of primary amides is 1. The molecule has 0 aliphatic carbocycles. The summed E-state index contributed by atoms with van der Waals surface area (Å²) >= 11 is 0. The van der Waals surface area contributed by atoms with Crippen molar-refractivity contribution in [3.05, 3.63) is 37.1 Å². The van der Waals surface area contributed by atoms with Gasteiger partial charge < -0.3 is 10.8 Å². The minimum absolute atomic E-state index is 0.0648. The first-order valence-electron chi connectivity index (χ1n) is 2.94. The Labute approximate surface area is 66.5 Å². The minimum atomic E-state index is -0.662. The van der Waals surface area contributed by atoms with Crippen molar-refractivity contribution in [3.8, 4) is 0 Å². The molecule has 0 aromatic rings.